The van der Waals surface area contributed by atoms with Crippen molar-refractivity contribution in [2.75, 3.05) is 0 Å². The zero-order valence-electron chi connectivity index (χ0n) is 11.5. The molecule has 0 unspecified atom stereocenters. The minimum Gasteiger partial charge on any atom is -0.288 e. The Balaban J connectivity index is 1.97. The summed E-state index contributed by atoms with van der Waals surface area (Å²) >= 11 is 1.70. The molecule has 1 aliphatic carbocycles. The number of hydrogen-bond donors (Lipinski definition) is 0. The van der Waals surface area contributed by atoms with Gasteiger partial charge in [0.15, 0.2) is 0 Å². The van der Waals surface area contributed by atoms with Gasteiger partial charge < -0.3 is 0 Å². The van der Waals surface area contributed by atoms with Gasteiger partial charge in [-0.1, -0.05) is 17.2 Å². The predicted octanol–water partition coefficient (Wildman–Crippen LogP) is 4.47. The molecule has 0 N–H and O–H groups in total. The predicted molar refractivity (Wildman–Crippen MR) is 80.3 cm³/mol. The maximum Gasteiger partial charge on any atom is 0.202 e. The van der Waals surface area contributed by atoms with Crippen molar-refractivity contribution in [2.45, 2.75) is 39.5 Å². The van der Waals surface area contributed by atoms with Crippen LogP contribution in [-0.2, 0) is 12.8 Å². The molecule has 1 aliphatic rings. The van der Waals surface area contributed by atoms with E-state index in [1.807, 2.05) is 26.0 Å². The van der Waals surface area contributed by atoms with Gasteiger partial charge in [-0.25, -0.2) is 0 Å². The first kappa shape index (κ1) is 12.6. The van der Waals surface area contributed by atoms with Crippen LogP contribution in [0.15, 0.2) is 24.3 Å². The van der Waals surface area contributed by atoms with Crippen molar-refractivity contribution >= 4 is 17.1 Å². The lowest BCUT2D eigenvalue weighted by Crippen LogP contribution is -1.99. The molecule has 3 rings (SSSR count). The van der Waals surface area contributed by atoms with Gasteiger partial charge >= 0.3 is 0 Å². The number of rotatable bonds is 2. The van der Waals surface area contributed by atoms with Gasteiger partial charge in [-0.05, 0) is 63.3 Å². The van der Waals surface area contributed by atoms with E-state index >= 15 is 0 Å². The molecule has 0 aliphatic heterocycles. The Morgan fingerprint density at radius 2 is 1.68 bits per heavy atom. The fraction of sp³-hybridized carbons (Fsp3) is 0.353. The van der Waals surface area contributed by atoms with E-state index in [-0.39, 0.29) is 5.78 Å². The number of aryl methyl sites for hydroxylation is 4. The first-order valence-electron chi connectivity index (χ1n) is 6.88. The zero-order valence-corrected chi connectivity index (χ0v) is 12.3. The monoisotopic (exact) mass is 270 g/mol. The van der Waals surface area contributed by atoms with Crippen LogP contribution in [0.25, 0.3) is 0 Å². The highest BCUT2D eigenvalue weighted by Gasteiger charge is 2.18. The molecule has 0 amide bonds. The summed E-state index contributed by atoms with van der Waals surface area (Å²) in [6, 6.07) is 8.22. The highest BCUT2D eigenvalue weighted by molar-refractivity contribution is 7.14. The number of benzene rings is 1. The lowest BCUT2D eigenvalue weighted by molar-refractivity contribution is 0.104. The fourth-order valence-electron chi connectivity index (χ4n) is 2.85. The Morgan fingerprint density at radius 1 is 1.00 bits per heavy atom. The molecule has 0 radical (unpaired) electrons. The number of carbonyl (C=O) groups excluding carboxylic acids is 1. The van der Waals surface area contributed by atoms with E-state index in [2.05, 4.69) is 12.1 Å². The van der Waals surface area contributed by atoms with Gasteiger partial charge in [0.05, 0.1) is 4.88 Å². The van der Waals surface area contributed by atoms with Crippen molar-refractivity contribution in [2.24, 2.45) is 0 Å². The molecule has 0 saturated heterocycles. The molecule has 1 nitrogen and oxygen atoms in total. The Morgan fingerprint density at radius 3 is 2.37 bits per heavy atom. The van der Waals surface area contributed by atoms with Crippen LogP contribution in [0.2, 0.25) is 0 Å². The molecule has 1 aromatic carbocycles. The van der Waals surface area contributed by atoms with Gasteiger partial charge in [-0.3, -0.25) is 4.79 Å². The van der Waals surface area contributed by atoms with Gasteiger partial charge in [0.25, 0.3) is 0 Å². The minimum absolute atomic E-state index is 0.186. The second-order valence-corrected chi connectivity index (χ2v) is 6.61. The molecule has 1 heterocycles. The van der Waals surface area contributed by atoms with E-state index in [1.165, 1.54) is 23.3 Å². The SMILES string of the molecule is Cc1cc(C)cc(C(=O)c2cc3c(s2)CCCC3)c1. The molecule has 2 aromatic rings. The number of carbonyl (C=O) groups is 1. The van der Waals surface area contributed by atoms with Crippen molar-refractivity contribution < 1.29 is 4.79 Å². The summed E-state index contributed by atoms with van der Waals surface area (Å²) < 4.78 is 0. The van der Waals surface area contributed by atoms with E-state index in [4.69, 9.17) is 0 Å². The van der Waals surface area contributed by atoms with Crippen LogP contribution in [0.3, 0.4) is 0 Å². The summed E-state index contributed by atoms with van der Waals surface area (Å²) in [5, 5.41) is 0. The summed E-state index contributed by atoms with van der Waals surface area (Å²) in [6.45, 7) is 4.09. The molecule has 0 saturated carbocycles. The lowest BCUT2D eigenvalue weighted by atomic mass is 9.98. The van der Waals surface area contributed by atoms with Gasteiger partial charge in [0.2, 0.25) is 5.78 Å². The van der Waals surface area contributed by atoms with Crippen LogP contribution < -0.4 is 0 Å². The third-order valence-electron chi connectivity index (χ3n) is 3.70. The van der Waals surface area contributed by atoms with E-state index in [9.17, 15) is 4.79 Å². The number of fused-ring (bicyclic) bond motifs is 1. The van der Waals surface area contributed by atoms with E-state index in [0.717, 1.165) is 34.4 Å². The molecule has 98 valence electrons. The largest absolute Gasteiger partial charge is 0.288 e. The number of thiophene rings is 1. The average molecular weight is 270 g/mol. The van der Waals surface area contributed by atoms with Crippen LogP contribution in [0, 0.1) is 13.8 Å². The Hall–Kier alpha value is -1.41. The molecule has 0 atom stereocenters. The van der Waals surface area contributed by atoms with E-state index in [1.54, 1.807) is 11.3 Å². The first-order valence-corrected chi connectivity index (χ1v) is 7.70. The fourth-order valence-corrected chi connectivity index (χ4v) is 4.07. The third-order valence-corrected chi connectivity index (χ3v) is 4.94. The highest BCUT2D eigenvalue weighted by atomic mass is 32.1. The molecule has 1 aromatic heterocycles. The van der Waals surface area contributed by atoms with Crippen molar-refractivity contribution in [3.8, 4) is 0 Å². The summed E-state index contributed by atoms with van der Waals surface area (Å²) in [4.78, 5) is 14.9. The van der Waals surface area contributed by atoms with Gasteiger partial charge in [-0.2, -0.15) is 0 Å². The van der Waals surface area contributed by atoms with E-state index < -0.39 is 0 Å². The molecule has 0 fully saturated rings. The van der Waals surface area contributed by atoms with Crippen LogP contribution >= 0.6 is 11.3 Å². The Kier molecular flexibility index (Phi) is 3.28. The van der Waals surface area contributed by atoms with Gasteiger partial charge in [0.1, 0.15) is 0 Å². The summed E-state index contributed by atoms with van der Waals surface area (Å²) in [5.41, 5.74) is 4.55. The zero-order chi connectivity index (χ0) is 13.4. The summed E-state index contributed by atoms with van der Waals surface area (Å²) in [6.07, 6.45) is 4.83. The summed E-state index contributed by atoms with van der Waals surface area (Å²) in [5.74, 6) is 0.186. The maximum atomic E-state index is 12.6. The minimum atomic E-state index is 0.186. The molecular formula is C17H18OS. The topological polar surface area (TPSA) is 17.1 Å². The molecule has 2 heteroatoms. The molecule has 0 spiro atoms. The van der Waals surface area contributed by atoms with Crippen LogP contribution in [0.5, 0.6) is 0 Å². The molecule has 19 heavy (non-hydrogen) atoms. The van der Waals surface area contributed by atoms with Crippen LogP contribution in [-0.4, -0.2) is 5.78 Å². The second kappa shape index (κ2) is 4.93. The van der Waals surface area contributed by atoms with Crippen molar-refractivity contribution in [3.63, 3.8) is 0 Å². The van der Waals surface area contributed by atoms with Crippen molar-refractivity contribution in [1.82, 2.24) is 0 Å². The number of ketones is 1. The highest BCUT2D eigenvalue weighted by Crippen LogP contribution is 2.31. The standard InChI is InChI=1S/C17H18OS/c1-11-7-12(2)9-14(8-11)17(18)16-10-13-5-3-4-6-15(13)19-16/h7-10H,3-6H2,1-2H3. The van der Waals surface area contributed by atoms with E-state index in [0.29, 0.717) is 0 Å². The maximum absolute atomic E-state index is 12.6. The van der Waals surface area contributed by atoms with Gasteiger partial charge in [-0.15, -0.1) is 11.3 Å². The first-order chi connectivity index (χ1) is 9.13. The second-order valence-electron chi connectivity index (χ2n) is 5.47. The Bertz CT molecular complexity index is 593. The normalized spacial score (nSPS) is 14.2. The Labute approximate surface area is 118 Å². The number of hydrogen-bond acceptors (Lipinski definition) is 2. The average Bonchev–Trinajstić information content (AvgIpc) is 2.80. The lowest BCUT2D eigenvalue weighted by Gasteiger charge is -2.08. The quantitative estimate of drug-likeness (QED) is 0.736. The third kappa shape index (κ3) is 2.50. The van der Waals surface area contributed by atoms with Crippen LogP contribution in [0.1, 0.15) is 49.6 Å². The van der Waals surface area contributed by atoms with Crippen LogP contribution in [0.4, 0.5) is 0 Å². The summed E-state index contributed by atoms with van der Waals surface area (Å²) in [7, 11) is 0. The van der Waals surface area contributed by atoms with Crippen molar-refractivity contribution in [3.05, 3.63) is 56.3 Å². The smallest absolute Gasteiger partial charge is 0.202 e. The van der Waals surface area contributed by atoms with Gasteiger partial charge in [0, 0.05) is 10.4 Å². The molecule has 0 bridgehead atoms. The van der Waals surface area contributed by atoms with Crippen molar-refractivity contribution in [1.29, 1.82) is 0 Å². The molecular weight excluding hydrogens is 252 g/mol.